The van der Waals surface area contributed by atoms with Gasteiger partial charge in [0.2, 0.25) is 5.91 Å². The second kappa shape index (κ2) is 7.72. The Bertz CT molecular complexity index is 721. The van der Waals surface area contributed by atoms with Gasteiger partial charge in [0, 0.05) is 31.6 Å². The number of H-pyrrole nitrogens is 1. The zero-order chi connectivity index (χ0) is 17.8. The van der Waals surface area contributed by atoms with Crippen LogP contribution in [-0.2, 0) is 17.6 Å². The Hall–Kier alpha value is -2.30. The molecular weight excluding hydrogens is 314 g/mol. The highest BCUT2D eigenvalue weighted by molar-refractivity contribution is 5.76. The Morgan fingerprint density at radius 2 is 2.08 bits per heavy atom. The van der Waals surface area contributed by atoms with Crippen LogP contribution in [0.5, 0.6) is 5.75 Å². The van der Waals surface area contributed by atoms with Crippen molar-refractivity contribution in [1.29, 1.82) is 0 Å². The summed E-state index contributed by atoms with van der Waals surface area (Å²) in [7, 11) is 1.68. The van der Waals surface area contributed by atoms with Crippen LogP contribution in [0.1, 0.15) is 35.4 Å². The maximum atomic E-state index is 12.5. The lowest BCUT2D eigenvalue weighted by Crippen LogP contribution is -2.29. The largest absolute Gasteiger partial charge is 0.497 e. The van der Waals surface area contributed by atoms with Gasteiger partial charge in [-0.1, -0.05) is 12.1 Å². The third-order valence-corrected chi connectivity index (χ3v) is 5.25. The molecule has 1 fully saturated rings. The van der Waals surface area contributed by atoms with Crippen molar-refractivity contribution in [3.05, 3.63) is 46.8 Å². The van der Waals surface area contributed by atoms with Gasteiger partial charge in [0.25, 0.3) is 0 Å². The van der Waals surface area contributed by atoms with Crippen LogP contribution in [0, 0.1) is 19.8 Å². The number of carbonyl (C=O) groups is 1. The first kappa shape index (κ1) is 17.5. The number of methoxy groups -OCH3 is 1. The van der Waals surface area contributed by atoms with Gasteiger partial charge in [0.15, 0.2) is 0 Å². The first-order valence-electron chi connectivity index (χ1n) is 8.98. The highest BCUT2D eigenvalue weighted by atomic mass is 16.5. The molecule has 25 heavy (non-hydrogen) atoms. The third kappa shape index (κ3) is 4.21. The molecule has 2 aromatic rings. The third-order valence-electron chi connectivity index (χ3n) is 5.25. The molecule has 1 saturated heterocycles. The van der Waals surface area contributed by atoms with E-state index in [2.05, 4.69) is 29.3 Å². The van der Waals surface area contributed by atoms with Gasteiger partial charge in [-0.15, -0.1) is 0 Å². The standard InChI is InChI=1S/C20H27N3O2/c1-14-15(2)21-22-19(14)8-9-20(24)23-11-10-17(13-23)12-16-4-6-18(25-3)7-5-16/h4-7,17H,8-13H2,1-3H3,(H,21,22). The van der Waals surface area contributed by atoms with E-state index in [1.165, 1.54) is 11.1 Å². The fourth-order valence-corrected chi connectivity index (χ4v) is 3.48. The maximum Gasteiger partial charge on any atom is 0.222 e. The van der Waals surface area contributed by atoms with Gasteiger partial charge < -0.3 is 9.64 Å². The van der Waals surface area contributed by atoms with Crippen LogP contribution in [0.2, 0.25) is 0 Å². The van der Waals surface area contributed by atoms with Crippen LogP contribution in [0.4, 0.5) is 0 Å². The highest BCUT2D eigenvalue weighted by Gasteiger charge is 2.26. The molecule has 1 aliphatic rings. The summed E-state index contributed by atoms with van der Waals surface area (Å²) in [5.74, 6) is 1.68. The van der Waals surface area contributed by atoms with Gasteiger partial charge in [-0.3, -0.25) is 9.89 Å². The van der Waals surface area contributed by atoms with Crippen molar-refractivity contribution in [2.24, 2.45) is 5.92 Å². The number of amides is 1. The number of nitrogens with zero attached hydrogens (tertiary/aromatic N) is 2. The molecule has 5 heteroatoms. The summed E-state index contributed by atoms with van der Waals surface area (Å²) in [5, 5.41) is 7.28. The van der Waals surface area contributed by atoms with Crippen LogP contribution >= 0.6 is 0 Å². The smallest absolute Gasteiger partial charge is 0.222 e. The first-order chi connectivity index (χ1) is 12.1. The molecule has 134 valence electrons. The van der Waals surface area contributed by atoms with E-state index in [1.54, 1.807) is 7.11 Å². The molecule has 1 atom stereocenters. The zero-order valence-electron chi connectivity index (χ0n) is 15.3. The molecule has 1 N–H and O–H groups in total. The number of nitrogens with one attached hydrogen (secondary N) is 1. The van der Waals surface area contributed by atoms with E-state index in [-0.39, 0.29) is 5.91 Å². The van der Waals surface area contributed by atoms with E-state index in [1.807, 2.05) is 24.0 Å². The van der Waals surface area contributed by atoms with E-state index in [0.29, 0.717) is 18.8 Å². The number of hydrogen-bond acceptors (Lipinski definition) is 3. The van der Waals surface area contributed by atoms with Gasteiger partial charge in [-0.2, -0.15) is 5.10 Å². The quantitative estimate of drug-likeness (QED) is 0.878. The average molecular weight is 341 g/mol. The number of aryl methyl sites for hydroxylation is 2. The first-order valence-corrected chi connectivity index (χ1v) is 8.98. The summed E-state index contributed by atoms with van der Waals surface area (Å²) in [6, 6.07) is 8.24. The second-order valence-electron chi connectivity index (χ2n) is 6.97. The number of aromatic amines is 1. The molecule has 0 saturated carbocycles. The van der Waals surface area contributed by atoms with Gasteiger partial charge in [-0.05, 0) is 55.9 Å². The summed E-state index contributed by atoms with van der Waals surface area (Å²) in [6.07, 6.45) is 3.36. The van der Waals surface area contributed by atoms with Gasteiger partial charge in [-0.25, -0.2) is 0 Å². The predicted octanol–water partition coefficient (Wildman–Crippen LogP) is 3.06. The molecule has 0 aliphatic carbocycles. The molecule has 1 unspecified atom stereocenters. The lowest BCUT2D eigenvalue weighted by molar-refractivity contribution is -0.130. The van der Waals surface area contributed by atoms with Crippen molar-refractivity contribution in [3.8, 4) is 5.75 Å². The van der Waals surface area contributed by atoms with Crippen molar-refractivity contribution >= 4 is 5.91 Å². The normalized spacial score (nSPS) is 17.1. The Morgan fingerprint density at radius 3 is 2.72 bits per heavy atom. The van der Waals surface area contributed by atoms with Crippen molar-refractivity contribution in [2.75, 3.05) is 20.2 Å². The van der Waals surface area contributed by atoms with Crippen LogP contribution in [0.3, 0.4) is 0 Å². The minimum atomic E-state index is 0.247. The molecule has 1 aromatic heterocycles. The number of ether oxygens (including phenoxy) is 1. The lowest BCUT2D eigenvalue weighted by atomic mass is 9.99. The molecular formula is C20H27N3O2. The number of hydrogen-bond donors (Lipinski definition) is 1. The number of rotatable bonds is 6. The number of likely N-dealkylation sites (tertiary alicyclic amines) is 1. The zero-order valence-corrected chi connectivity index (χ0v) is 15.3. The van der Waals surface area contributed by atoms with Crippen LogP contribution in [0.25, 0.3) is 0 Å². The van der Waals surface area contributed by atoms with Crippen molar-refractivity contribution in [1.82, 2.24) is 15.1 Å². The summed E-state index contributed by atoms with van der Waals surface area (Å²) < 4.78 is 5.20. The SMILES string of the molecule is COc1ccc(CC2CCN(C(=O)CCc3n[nH]c(C)c3C)C2)cc1. The Balaban J connectivity index is 1.48. The topological polar surface area (TPSA) is 58.2 Å². The van der Waals surface area contributed by atoms with Gasteiger partial charge >= 0.3 is 0 Å². The Morgan fingerprint density at radius 1 is 1.32 bits per heavy atom. The van der Waals surface area contributed by atoms with Crippen molar-refractivity contribution in [2.45, 2.75) is 39.5 Å². The molecule has 0 bridgehead atoms. The van der Waals surface area contributed by atoms with Crippen molar-refractivity contribution in [3.63, 3.8) is 0 Å². The fourth-order valence-electron chi connectivity index (χ4n) is 3.48. The van der Waals surface area contributed by atoms with Crippen LogP contribution in [-0.4, -0.2) is 41.2 Å². The van der Waals surface area contributed by atoms with E-state index in [0.717, 1.165) is 43.1 Å². The molecule has 1 aromatic carbocycles. The van der Waals surface area contributed by atoms with E-state index in [9.17, 15) is 4.79 Å². The monoisotopic (exact) mass is 341 g/mol. The molecule has 2 heterocycles. The van der Waals surface area contributed by atoms with Crippen molar-refractivity contribution < 1.29 is 9.53 Å². The minimum Gasteiger partial charge on any atom is -0.497 e. The highest BCUT2D eigenvalue weighted by Crippen LogP contribution is 2.23. The van der Waals surface area contributed by atoms with Crippen LogP contribution < -0.4 is 4.74 Å². The molecule has 0 radical (unpaired) electrons. The molecule has 0 spiro atoms. The van der Waals surface area contributed by atoms with E-state index < -0.39 is 0 Å². The van der Waals surface area contributed by atoms with E-state index in [4.69, 9.17) is 4.74 Å². The molecule has 1 amide bonds. The van der Waals surface area contributed by atoms with E-state index >= 15 is 0 Å². The molecule has 3 rings (SSSR count). The summed E-state index contributed by atoms with van der Waals surface area (Å²) in [4.78, 5) is 14.5. The Kier molecular flexibility index (Phi) is 5.41. The summed E-state index contributed by atoms with van der Waals surface area (Å²) in [5.41, 5.74) is 4.58. The number of carbonyl (C=O) groups excluding carboxylic acids is 1. The summed E-state index contributed by atoms with van der Waals surface area (Å²) >= 11 is 0. The fraction of sp³-hybridized carbons (Fsp3) is 0.500. The summed E-state index contributed by atoms with van der Waals surface area (Å²) in [6.45, 7) is 5.80. The second-order valence-corrected chi connectivity index (χ2v) is 6.97. The van der Waals surface area contributed by atoms with Gasteiger partial charge in [0.1, 0.15) is 5.75 Å². The van der Waals surface area contributed by atoms with Gasteiger partial charge in [0.05, 0.1) is 12.8 Å². The maximum absolute atomic E-state index is 12.5. The Labute approximate surface area is 149 Å². The average Bonchev–Trinajstić information content (AvgIpc) is 3.21. The lowest BCUT2D eigenvalue weighted by Gasteiger charge is -2.16. The number of benzene rings is 1. The predicted molar refractivity (Wildman–Crippen MR) is 97.8 cm³/mol. The molecule has 1 aliphatic heterocycles. The number of aromatic nitrogens is 2. The van der Waals surface area contributed by atoms with Crippen LogP contribution in [0.15, 0.2) is 24.3 Å². The molecule has 5 nitrogen and oxygen atoms in total. The minimum absolute atomic E-state index is 0.247.